The molecule has 2 heterocycles. The Bertz CT molecular complexity index is 722. The summed E-state index contributed by atoms with van der Waals surface area (Å²) in [6, 6.07) is 1.22. The quantitative estimate of drug-likeness (QED) is 0.374. The average Bonchev–Trinajstić information content (AvgIpc) is 2.56. The lowest BCUT2D eigenvalue weighted by Gasteiger charge is -2.46. The molecule has 1 aliphatic heterocycles. The standard InChI is InChI=1S/C18H30N4O5Si/c1-18(2,3)28(4,5)27-16-13(9-20-10-14(16)21-17(23)24)8-12-6-7-19-11-15(12)22(25)26/h6-7,11,13-14,16,20-21H,8-10H2,1-5H3,(H,23,24)/t13-,14+,16+/m0/s1. The fourth-order valence-electron chi connectivity index (χ4n) is 3.19. The summed E-state index contributed by atoms with van der Waals surface area (Å²) in [4.78, 5) is 26.1. The highest BCUT2D eigenvalue weighted by molar-refractivity contribution is 6.74. The van der Waals surface area contributed by atoms with Crippen molar-refractivity contribution in [3.8, 4) is 0 Å². The van der Waals surface area contributed by atoms with E-state index in [1.165, 1.54) is 12.4 Å². The number of rotatable bonds is 6. The number of nitro groups is 1. The first-order valence-corrected chi connectivity index (χ1v) is 12.3. The van der Waals surface area contributed by atoms with Gasteiger partial charge >= 0.3 is 6.09 Å². The molecule has 28 heavy (non-hydrogen) atoms. The van der Waals surface area contributed by atoms with Crippen LogP contribution in [0, 0.1) is 16.0 Å². The molecule has 0 saturated carbocycles. The van der Waals surface area contributed by atoms with Gasteiger partial charge in [-0.15, -0.1) is 0 Å². The molecule has 1 aliphatic rings. The van der Waals surface area contributed by atoms with E-state index in [9.17, 15) is 20.0 Å². The summed E-state index contributed by atoms with van der Waals surface area (Å²) in [5.41, 5.74) is 0.550. The summed E-state index contributed by atoms with van der Waals surface area (Å²) in [5.74, 6) is -0.110. The molecule has 1 fully saturated rings. The van der Waals surface area contributed by atoms with E-state index in [0.717, 1.165) is 0 Å². The maximum Gasteiger partial charge on any atom is 0.405 e. The molecule has 9 nitrogen and oxygen atoms in total. The van der Waals surface area contributed by atoms with Gasteiger partial charge in [-0.3, -0.25) is 15.1 Å². The third-order valence-electron chi connectivity index (χ3n) is 5.74. The molecule has 1 amide bonds. The molecule has 3 atom stereocenters. The monoisotopic (exact) mass is 410 g/mol. The number of aromatic nitrogens is 1. The van der Waals surface area contributed by atoms with Gasteiger partial charge < -0.3 is 20.2 Å². The van der Waals surface area contributed by atoms with Crippen molar-refractivity contribution in [2.45, 2.75) is 57.5 Å². The Hall–Kier alpha value is -2.04. The van der Waals surface area contributed by atoms with Crippen molar-refractivity contribution in [3.05, 3.63) is 34.1 Å². The Labute approximate surface area is 166 Å². The van der Waals surface area contributed by atoms with Crippen LogP contribution in [-0.2, 0) is 10.8 Å². The van der Waals surface area contributed by atoms with Crippen LogP contribution in [0.3, 0.4) is 0 Å². The lowest BCUT2D eigenvalue weighted by Crippen LogP contribution is -2.62. The minimum Gasteiger partial charge on any atom is -0.465 e. The summed E-state index contributed by atoms with van der Waals surface area (Å²) in [5, 5.41) is 26.4. The summed E-state index contributed by atoms with van der Waals surface area (Å²) in [6.07, 6.45) is 1.72. The fraction of sp³-hybridized carbons (Fsp3) is 0.667. The van der Waals surface area contributed by atoms with Gasteiger partial charge in [-0.2, -0.15) is 0 Å². The zero-order valence-corrected chi connectivity index (χ0v) is 18.1. The molecular weight excluding hydrogens is 380 g/mol. The van der Waals surface area contributed by atoms with E-state index in [0.29, 0.717) is 25.1 Å². The van der Waals surface area contributed by atoms with Gasteiger partial charge in [0.25, 0.3) is 5.69 Å². The van der Waals surface area contributed by atoms with Gasteiger partial charge in [0, 0.05) is 30.8 Å². The molecule has 10 heteroatoms. The van der Waals surface area contributed by atoms with Gasteiger partial charge in [0.05, 0.1) is 17.1 Å². The van der Waals surface area contributed by atoms with Crippen molar-refractivity contribution >= 4 is 20.1 Å². The second-order valence-electron chi connectivity index (χ2n) is 8.78. The van der Waals surface area contributed by atoms with Crippen molar-refractivity contribution in [1.82, 2.24) is 15.6 Å². The van der Waals surface area contributed by atoms with Crippen molar-refractivity contribution in [1.29, 1.82) is 0 Å². The fourth-order valence-corrected chi connectivity index (χ4v) is 4.59. The van der Waals surface area contributed by atoms with Crippen molar-refractivity contribution in [2.75, 3.05) is 13.1 Å². The highest BCUT2D eigenvalue weighted by Gasteiger charge is 2.44. The van der Waals surface area contributed by atoms with Crippen LogP contribution in [0.2, 0.25) is 18.1 Å². The molecule has 0 spiro atoms. The van der Waals surface area contributed by atoms with Gasteiger partial charge in [-0.1, -0.05) is 20.8 Å². The third-order valence-corrected chi connectivity index (χ3v) is 10.2. The summed E-state index contributed by atoms with van der Waals surface area (Å²) < 4.78 is 6.63. The minimum absolute atomic E-state index is 0.0260. The third kappa shape index (κ3) is 5.27. The number of piperidine rings is 1. The predicted molar refractivity (Wildman–Crippen MR) is 108 cm³/mol. The van der Waals surface area contributed by atoms with Crippen molar-refractivity contribution < 1.29 is 19.3 Å². The Morgan fingerprint density at radius 1 is 1.46 bits per heavy atom. The maximum atomic E-state index is 11.4. The Morgan fingerprint density at radius 3 is 2.71 bits per heavy atom. The number of amides is 1. The first-order chi connectivity index (χ1) is 12.9. The lowest BCUT2D eigenvalue weighted by atomic mass is 9.87. The van der Waals surface area contributed by atoms with E-state index < -0.39 is 25.4 Å². The molecule has 0 radical (unpaired) electrons. The van der Waals surface area contributed by atoms with Crippen LogP contribution in [0.5, 0.6) is 0 Å². The summed E-state index contributed by atoms with van der Waals surface area (Å²) in [7, 11) is -2.19. The molecular formula is C18H30N4O5Si. The lowest BCUT2D eigenvalue weighted by molar-refractivity contribution is -0.386. The van der Waals surface area contributed by atoms with E-state index in [1.54, 1.807) is 6.07 Å². The average molecular weight is 411 g/mol. The van der Waals surface area contributed by atoms with Crippen LogP contribution >= 0.6 is 0 Å². The SMILES string of the molecule is CC(C)(C)[Si](C)(C)O[C@@H]1[C@@H](Cc2ccncc2[N+](=O)[O-])CNC[C@H]1NC(=O)O. The smallest absolute Gasteiger partial charge is 0.405 e. The van der Waals surface area contributed by atoms with Crippen LogP contribution in [0.25, 0.3) is 0 Å². The number of carbonyl (C=O) groups is 1. The van der Waals surface area contributed by atoms with Gasteiger partial charge in [-0.05, 0) is 30.6 Å². The first-order valence-electron chi connectivity index (χ1n) is 9.37. The van der Waals surface area contributed by atoms with E-state index in [4.69, 9.17) is 4.43 Å². The van der Waals surface area contributed by atoms with Crippen LogP contribution < -0.4 is 10.6 Å². The maximum absolute atomic E-state index is 11.4. The van der Waals surface area contributed by atoms with Gasteiger partial charge in [0.1, 0.15) is 6.20 Å². The largest absolute Gasteiger partial charge is 0.465 e. The van der Waals surface area contributed by atoms with Crippen LogP contribution in [-0.4, -0.2) is 54.7 Å². The molecule has 0 bridgehead atoms. The molecule has 2 rings (SSSR count). The minimum atomic E-state index is -2.19. The molecule has 1 aromatic rings. The number of hydrogen-bond acceptors (Lipinski definition) is 6. The first kappa shape index (κ1) is 22.2. The molecule has 156 valence electrons. The van der Waals surface area contributed by atoms with Crippen LogP contribution in [0.1, 0.15) is 26.3 Å². The zero-order valence-electron chi connectivity index (χ0n) is 17.1. The second-order valence-corrected chi connectivity index (χ2v) is 13.5. The zero-order chi connectivity index (χ0) is 21.1. The predicted octanol–water partition coefficient (Wildman–Crippen LogP) is 2.78. The highest BCUT2D eigenvalue weighted by Crippen LogP contribution is 2.39. The second kappa shape index (κ2) is 8.54. The number of carboxylic acid groups (broad SMARTS) is 1. The van der Waals surface area contributed by atoms with Crippen LogP contribution in [0.15, 0.2) is 18.5 Å². The topological polar surface area (TPSA) is 127 Å². The van der Waals surface area contributed by atoms with Crippen molar-refractivity contribution in [3.63, 3.8) is 0 Å². The molecule has 1 saturated heterocycles. The number of hydrogen-bond donors (Lipinski definition) is 3. The van der Waals surface area contributed by atoms with E-state index in [2.05, 4.69) is 49.5 Å². The summed E-state index contributed by atoms with van der Waals surface area (Å²) >= 11 is 0. The molecule has 1 aromatic heterocycles. The Kier molecular flexibility index (Phi) is 6.78. The Morgan fingerprint density at radius 2 is 2.14 bits per heavy atom. The van der Waals surface area contributed by atoms with E-state index >= 15 is 0 Å². The van der Waals surface area contributed by atoms with Crippen LogP contribution in [0.4, 0.5) is 10.5 Å². The van der Waals surface area contributed by atoms with Gasteiger partial charge in [0.2, 0.25) is 0 Å². The number of nitrogens with zero attached hydrogens (tertiary/aromatic N) is 2. The van der Waals surface area contributed by atoms with E-state index in [1.807, 2.05) is 0 Å². The molecule has 3 N–H and O–H groups in total. The number of pyridine rings is 1. The van der Waals surface area contributed by atoms with Crippen molar-refractivity contribution in [2.24, 2.45) is 5.92 Å². The molecule has 0 unspecified atom stereocenters. The normalized spacial score (nSPS) is 23.2. The van der Waals surface area contributed by atoms with E-state index in [-0.39, 0.29) is 22.7 Å². The molecule has 0 aliphatic carbocycles. The number of nitrogens with one attached hydrogen (secondary N) is 2. The molecule has 0 aromatic carbocycles. The highest BCUT2D eigenvalue weighted by atomic mass is 28.4. The van der Waals surface area contributed by atoms with Gasteiger partial charge in [0.15, 0.2) is 8.32 Å². The van der Waals surface area contributed by atoms with Gasteiger partial charge in [-0.25, -0.2) is 4.79 Å². The summed E-state index contributed by atoms with van der Waals surface area (Å²) in [6.45, 7) is 11.7. The Balaban J connectivity index is 2.34.